The number of hydrogen-bond donors (Lipinski definition) is 1. The van der Waals surface area contributed by atoms with Gasteiger partial charge in [0, 0.05) is 44.0 Å². The van der Waals surface area contributed by atoms with E-state index in [2.05, 4.69) is 29.3 Å². The van der Waals surface area contributed by atoms with Gasteiger partial charge >= 0.3 is 0 Å². The van der Waals surface area contributed by atoms with E-state index in [-0.39, 0.29) is 6.10 Å². The van der Waals surface area contributed by atoms with Crippen molar-refractivity contribution < 1.29 is 9.47 Å². The largest absolute Gasteiger partial charge is 0.383 e. The van der Waals surface area contributed by atoms with Crippen LogP contribution in [0.25, 0.3) is 0 Å². The molecule has 0 saturated carbocycles. The summed E-state index contributed by atoms with van der Waals surface area (Å²) in [6, 6.07) is 6.28. The molecule has 1 aromatic carbocycles. The van der Waals surface area contributed by atoms with E-state index in [0.29, 0.717) is 6.61 Å². The molecule has 0 amide bonds. The van der Waals surface area contributed by atoms with Crippen molar-refractivity contribution >= 4 is 17.3 Å². The Morgan fingerprint density at radius 3 is 3.05 bits per heavy atom. The molecule has 1 aliphatic rings. The molecule has 1 heterocycles. The SMILES string of the molecule is COCCNCc1ccc(N2CCOC(C)C2)cc1Cl. The van der Waals surface area contributed by atoms with Crippen molar-refractivity contribution in [3.05, 3.63) is 28.8 Å². The minimum Gasteiger partial charge on any atom is -0.383 e. The van der Waals surface area contributed by atoms with Gasteiger partial charge in [-0.05, 0) is 24.6 Å². The lowest BCUT2D eigenvalue weighted by molar-refractivity contribution is 0.0532. The summed E-state index contributed by atoms with van der Waals surface area (Å²) < 4.78 is 10.6. The molecular weight excluding hydrogens is 276 g/mol. The zero-order valence-electron chi connectivity index (χ0n) is 12.2. The second-order valence-corrected chi connectivity index (χ2v) is 5.48. The van der Waals surface area contributed by atoms with Crippen LogP contribution in [0.4, 0.5) is 5.69 Å². The van der Waals surface area contributed by atoms with Crippen LogP contribution in [0, 0.1) is 0 Å². The normalized spacial score (nSPS) is 19.4. The Kier molecular flexibility index (Phi) is 6.10. The Bertz CT molecular complexity index is 428. The fraction of sp³-hybridized carbons (Fsp3) is 0.600. The first-order valence-corrected chi connectivity index (χ1v) is 7.43. The third kappa shape index (κ3) is 4.35. The molecule has 0 bridgehead atoms. The highest BCUT2D eigenvalue weighted by atomic mass is 35.5. The van der Waals surface area contributed by atoms with E-state index in [1.807, 2.05) is 6.07 Å². The van der Waals surface area contributed by atoms with Crippen LogP contribution in [0.15, 0.2) is 18.2 Å². The number of anilines is 1. The molecule has 112 valence electrons. The average Bonchev–Trinajstić information content (AvgIpc) is 2.45. The molecule has 2 rings (SSSR count). The predicted molar refractivity (Wildman–Crippen MR) is 82.7 cm³/mol. The van der Waals surface area contributed by atoms with E-state index in [0.717, 1.165) is 43.4 Å². The van der Waals surface area contributed by atoms with Gasteiger partial charge in [0.25, 0.3) is 0 Å². The summed E-state index contributed by atoms with van der Waals surface area (Å²) in [5.74, 6) is 0. The summed E-state index contributed by atoms with van der Waals surface area (Å²) in [6.45, 7) is 7.02. The fourth-order valence-corrected chi connectivity index (χ4v) is 2.57. The maximum absolute atomic E-state index is 6.37. The third-order valence-electron chi connectivity index (χ3n) is 3.44. The summed E-state index contributed by atoms with van der Waals surface area (Å²) in [5, 5.41) is 4.12. The first-order valence-electron chi connectivity index (χ1n) is 7.05. The number of benzene rings is 1. The minimum atomic E-state index is 0.276. The summed E-state index contributed by atoms with van der Waals surface area (Å²) in [7, 11) is 1.70. The molecule has 0 radical (unpaired) electrons. The number of halogens is 1. The zero-order valence-corrected chi connectivity index (χ0v) is 12.9. The van der Waals surface area contributed by atoms with Crippen LogP contribution in [0.3, 0.4) is 0 Å². The lowest BCUT2D eigenvalue weighted by Crippen LogP contribution is -2.41. The van der Waals surface area contributed by atoms with Crippen molar-refractivity contribution in [3.8, 4) is 0 Å². The van der Waals surface area contributed by atoms with Crippen LogP contribution < -0.4 is 10.2 Å². The first-order chi connectivity index (χ1) is 9.70. The summed E-state index contributed by atoms with van der Waals surface area (Å²) in [6.07, 6.45) is 0.276. The van der Waals surface area contributed by atoms with Gasteiger partial charge in [0.15, 0.2) is 0 Å². The number of nitrogens with zero attached hydrogens (tertiary/aromatic N) is 1. The predicted octanol–water partition coefficient (Wildman–Crippen LogP) is 2.30. The average molecular weight is 299 g/mol. The van der Waals surface area contributed by atoms with E-state index in [1.165, 1.54) is 5.69 Å². The van der Waals surface area contributed by atoms with Gasteiger partial charge in [0.2, 0.25) is 0 Å². The van der Waals surface area contributed by atoms with Crippen LogP contribution in [0.2, 0.25) is 5.02 Å². The smallest absolute Gasteiger partial charge is 0.0722 e. The summed E-state index contributed by atoms with van der Waals surface area (Å²) in [4.78, 5) is 2.32. The third-order valence-corrected chi connectivity index (χ3v) is 3.79. The Morgan fingerprint density at radius 1 is 1.50 bits per heavy atom. The van der Waals surface area contributed by atoms with Crippen LogP contribution in [-0.4, -0.2) is 46.1 Å². The zero-order chi connectivity index (χ0) is 14.4. The molecule has 1 unspecified atom stereocenters. The topological polar surface area (TPSA) is 33.7 Å². The Labute approximate surface area is 126 Å². The van der Waals surface area contributed by atoms with Crippen molar-refractivity contribution in [2.24, 2.45) is 0 Å². The van der Waals surface area contributed by atoms with Gasteiger partial charge in [0.05, 0.1) is 19.3 Å². The van der Waals surface area contributed by atoms with Crippen molar-refractivity contribution in [2.75, 3.05) is 44.9 Å². The van der Waals surface area contributed by atoms with Gasteiger partial charge in [-0.1, -0.05) is 17.7 Å². The van der Waals surface area contributed by atoms with E-state index < -0.39 is 0 Å². The Balaban J connectivity index is 1.94. The number of hydrogen-bond acceptors (Lipinski definition) is 4. The minimum absolute atomic E-state index is 0.276. The molecule has 20 heavy (non-hydrogen) atoms. The van der Waals surface area contributed by atoms with E-state index in [1.54, 1.807) is 7.11 Å². The second-order valence-electron chi connectivity index (χ2n) is 5.07. The molecule has 1 atom stereocenters. The number of methoxy groups -OCH3 is 1. The van der Waals surface area contributed by atoms with Crippen LogP contribution in [0.1, 0.15) is 12.5 Å². The highest BCUT2D eigenvalue weighted by Gasteiger charge is 2.17. The quantitative estimate of drug-likeness (QED) is 0.817. The molecule has 1 aliphatic heterocycles. The standard InChI is InChI=1S/C15H23ClN2O2/c1-12-11-18(6-8-20-12)14-4-3-13(15(16)9-14)10-17-5-7-19-2/h3-4,9,12,17H,5-8,10-11H2,1-2H3. The molecule has 0 spiro atoms. The van der Waals surface area contributed by atoms with Crippen LogP contribution in [-0.2, 0) is 16.0 Å². The molecule has 1 saturated heterocycles. The van der Waals surface area contributed by atoms with Gasteiger partial charge in [-0.2, -0.15) is 0 Å². The molecule has 0 aromatic heterocycles. The van der Waals surface area contributed by atoms with Crippen molar-refractivity contribution in [3.63, 3.8) is 0 Å². The lowest BCUT2D eigenvalue weighted by atomic mass is 10.1. The molecule has 1 aromatic rings. The van der Waals surface area contributed by atoms with Gasteiger partial charge in [0.1, 0.15) is 0 Å². The number of morpholine rings is 1. The molecular formula is C15H23ClN2O2. The maximum atomic E-state index is 6.37. The molecule has 5 heteroatoms. The molecule has 4 nitrogen and oxygen atoms in total. The Hall–Kier alpha value is -0.810. The summed E-state index contributed by atoms with van der Waals surface area (Å²) >= 11 is 6.37. The molecule has 1 N–H and O–H groups in total. The van der Waals surface area contributed by atoms with Gasteiger partial charge in [-0.3, -0.25) is 0 Å². The number of ether oxygens (including phenoxy) is 2. The molecule has 1 fully saturated rings. The van der Waals surface area contributed by atoms with E-state index in [9.17, 15) is 0 Å². The van der Waals surface area contributed by atoms with Crippen LogP contribution >= 0.6 is 11.6 Å². The van der Waals surface area contributed by atoms with E-state index >= 15 is 0 Å². The maximum Gasteiger partial charge on any atom is 0.0722 e. The highest BCUT2D eigenvalue weighted by molar-refractivity contribution is 6.31. The number of nitrogens with one attached hydrogen (secondary N) is 1. The van der Waals surface area contributed by atoms with E-state index in [4.69, 9.17) is 21.1 Å². The highest BCUT2D eigenvalue weighted by Crippen LogP contribution is 2.25. The monoisotopic (exact) mass is 298 g/mol. The number of rotatable bonds is 6. The van der Waals surface area contributed by atoms with Crippen molar-refractivity contribution in [1.29, 1.82) is 0 Å². The van der Waals surface area contributed by atoms with Crippen molar-refractivity contribution in [2.45, 2.75) is 19.6 Å². The van der Waals surface area contributed by atoms with Gasteiger partial charge in [-0.25, -0.2) is 0 Å². The lowest BCUT2D eigenvalue weighted by Gasteiger charge is -2.33. The van der Waals surface area contributed by atoms with Gasteiger partial charge < -0.3 is 19.7 Å². The molecule has 0 aliphatic carbocycles. The fourth-order valence-electron chi connectivity index (χ4n) is 2.33. The summed E-state index contributed by atoms with van der Waals surface area (Å²) in [5.41, 5.74) is 2.29. The van der Waals surface area contributed by atoms with Crippen LogP contribution in [0.5, 0.6) is 0 Å². The Morgan fingerprint density at radius 2 is 2.35 bits per heavy atom. The van der Waals surface area contributed by atoms with Crippen molar-refractivity contribution in [1.82, 2.24) is 5.32 Å². The van der Waals surface area contributed by atoms with Gasteiger partial charge in [-0.15, -0.1) is 0 Å². The first kappa shape index (κ1) is 15.6. The second kappa shape index (κ2) is 7.84.